The molecular weight excluding hydrogens is 271 g/mol. The zero-order valence-electron chi connectivity index (χ0n) is 11.9. The van der Waals surface area contributed by atoms with E-state index < -0.39 is 11.8 Å². The van der Waals surface area contributed by atoms with E-state index in [9.17, 15) is 9.18 Å². The maximum Gasteiger partial charge on any atom is 0.321 e. The average Bonchev–Trinajstić information content (AvgIpc) is 2.43. The lowest BCUT2D eigenvalue weighted by Gasteiger charge is -2.10. The van der Waals surface area contributed by atoms with Crippen LogP contribution in [0.4, 0.5) is 14.9 Å². The summed E-state index contributed by atoms with van der Waals surface area (Å²) < 4.78 is 18.4. The van der Waals surface area contributed by atoms with Gasteiger partial charge in [0.15, 0.2) is 6.73 Å². The lowest BCUT2D eigenvalue weighted by Crippen LogP contribution is -2.32. The highest BCUT2D eigenvalue weighted by molar-refractivity contribution is 5.89. The van der Waals surface area contributed by atoms with Crippen LogP contribution in [-0.4, -0.2) is 12.8 Å². The van der Waals surface area contributed by atoms with Crippen molar-refractivity contribution in [3.63, 3.8) is 0 Å². The second kappa shape index (κ2) is 6.74. The summed E-state index contributed by atoms with van der Waals surface area (Å²) in [5, 5.41) is 5.06. The zero-order valence-corrected chi connectivity index (χ0v) is 11.9. The smallest absolute Gasteiger partial charge is 0.321 e. The number of carbonyl (C=O) groups excluding carboxylic acids is 1. The van der Waals surface area contributed by atoms with E-state index in [4.69, 9.17) is 4.74 Å². The molecule has 0 fully saturated rings. The minimum atomic E-state index is -0.454. The fourth-order valence-electron chi connectivity index (χ4n) is 1.73. The Bertz CT molecular complexity index is 644. The molecule has 0 saturated heterocycles. The second-order valence-corrected chi connectivity index (χ2v) is 4.68. The predicted molar refractivity (Wildman–Crippen MR) is 80.0 cm³/mol. The first-order chi connectivity index (χ1) is 10.0. The molecule has 2 rings (SSSR count). The van der Waals surface area contributed by atoms with Gasteiger partial charge >= 0.3 is 6.03 Å². The van der Waals surface area contributed by atoms with E-state index >= 15 is 0 Å². The minimum absolute atomic E-state index is 0.0314. The summed E-state index contributed by atoms with van der Waals surface area (Å²) in [5.41, 5.74) is 2.69. The molecule has 2 N–H and O–H groups in total. The molecule has 0 aromatic heterocycles. The number of urea groups is 1. The number of amides is 2. The largest absolute Gasteiger partial charge is 0.473 e. The Kier molecular flexibility index (Phi) is 4.77. The number of hydrogen-bond acceptors (Lipinski definition) is 2. The van der Waals surface area contributed by atoms with Crippen LogP contribution in [0.2, 0.25) is 0 Å². The molecule has 0 aliphatic rings. The molecular formula is C16H17FN2O2. The Balaban J connectivity index is 1.80. The van der Waals surface area contributed by atoms with Gasteiger partial charge in [0, 0.05) is 5.69 Å². The van der Waals surface area contributed by atoms with E-state index in [0.717, 1.165) is 5.56 Å². The fourth-order valence-corrected chi connectivity index (χ4v) is 1.73. The van der Waals surface area contributed by atoms with Crippen molar-refractivity contribution in [3.8, 4) is 5.75 Å². The molecule has 2 aromatic rings. The van der Waals surface area contributed by atoms with E-state index in [2.05, 4.69) is 10.6 Å². The van der Waals surface area contributed by atoms with Crippen molar-refractivity contribution in [2.45, 2.75) is 13.8 Å². The average molecular weight is 288 g/mol. The van der Waals surface area contributed by atoms with Crippen LogP contribution in [0.15, 0.2) is 42.5 Å². The van der Waals surface area contributed by atoms with E-state index in [0.29, 0.717) is 11.4 Å². The lowest BCUT2D eigenvalue weighted by atomic mass is 10.1. The van der Waals surface area contributed by atoms with Crippen molar-refractivity contribution in [1.82, 2.24) is 5.32 Å². The van der Waals surface area contributed by atoms with Crippen molar-refractivity contribution < 1.29 is 13.9 Å². The van der Waals surface area contributed by atoms with Gasteiger partial charge in [-0.05, 0) is 55.3 Å². The van der Waals surface area contributed by atoms with Crippen LogP contribution in [0, 0.1) is 19.7 Å². The maximum absolute atomic E-state index is 13.0. The van der Waals surface area contributed by atoms with Gasteiger partial charge in [0.25, 0.3) is 0 Å². The number of nitrogens with one attached hydrogen (secondary N) is 2. The highest BCUT2D eigenvalue weighted by Gasteiger charge is 2.03. The van der Waals surface area contributed by atoms with Gasteiger partial charge in [-0.25, -0.2) is 9.18 Å². The third-order valence-corrected chi connectivity index (χ3v) is 3.03. The van der Waals surface area contributed by atoms with Gasteiger partial charge < -0.3 is 15.4 Å². The van der Waals surface area contributed by atoms with Gasteiger partial charge in [-0.1, -0.05) is 12.1 Å². The van der Waals surface area contributed by atoms with E-state index in [1.54, 1.807) is 6.07 Å². The molecule has 0 saturated carbocycles. The standard InChI is InChI=1S/C16H17FN2O2/c1-11-6-7-15(8-12(11)2)21-10-18-16(20)19-14-5-3-4-13(17)9-14/h3-9H,10H2,1-2H3,(H2,18,19,20). The molecule has 0 heterocycles. The Morgan fingerprint density at radius 2 is 1.95 bits per heavy atom. The molecule has 0 radical (unpaired) electrons. The van der Waals surface area contributed by atoms with Crippen molar-refractivity contribution >= 4 is 11.7 Å². The summed E-state index contributed by atoms with van der Waals surface area (Å²) >= 11 is 0. The van der Waals surface area contributed by atoms with E-state index in [1.807, 2.05) is 32.0 Å². The quantitative estimate of drug-likeness (QED) is 0.845. The first kappa shape index (κ1) is 14.8. The van der Waals surface area contributed by atoms with Gasteiger partial charge in [0.05, 0.1) is 0 Å². The molecule has 0 unspecified atom stereocenters. The second-order valence-electron chi connectivity index (χ2n) is 4.68. The molecule has 0 bridgehead atoms. The van der Waals surface area contributed by atoms with Gasteiger partial charge in [-0.15, -0.1) is 0 Å². The number of ether oxygens (including phenoxy) is 1. The van der Waals surface area contributed by atoms with Crippen LogP contribution in [-0.2, 0) is 0 Å². The van der Waals surface area contributed by atoms with Gasteiger partial charge in [-0.3, -0.25) is 0 Å². The molecule has 4 nitrogen and oxygen atoms in total. The summed E-state index contributed by atoms with van der Waals surface area (Å²) in [4.78, 5) is 11.6. The summed E-state index contributed by atoms with van der Waals surface area (Å²) in [6, 6.07) is 10.9. The third-order valence-electron chi connectivity index (χ3n) is 3.03. The topological polar surface area (TPSA) is 50.4 Å². The Morgan fingerprint density at radius 1 is 1.14 bits per heavy atom. The van der Waals surface area contributed by atoms with Crippen molar-refractivity contribution in [1.29, 1.82) is 0 Å². The number of carbonyl (C=O) groups is 1. The number of anilines is 1. The first-order valence-corrected chi connectivity index (χ1v) is 6.55. The monoisotopic (exact) mass is 288 g/mol. The molecule has 2 aromatic carbocycles. The number of benzene rings is 2. The molecule has 2 amide bonds. The van der Waals surface area contributed by atoms with Gasteiger partial charge in [0.1, 0.15) is 11.6 Å². The lowest BCUT2D eigenvalue weighted by molar-refractivity contribution is 0.234. The normalized spacial score (nSPS) is 10.0. The minimum Gasteiger partial charge on any atom is -0.473 e. The van der Waals surface area contributed by atoms with Crippen LogP contribution in [0.1, 0.15) is 11.1 Å². The first-order valence-electron chi connectivity index (χ1n) is 6.55. The number of hydrogen-bond donors (Lipinski definition) is 2. The number of rotatable bonds is 4. The molecule has 5 heteroatoms. The highest BCUT2D eigenvalue weighted by Crippen LogP contribution is 2.16. The van der Waals surface area contributed by atoms with Crippen LogP contribution in [0.3, 0.4) is 0 Å². The van der Waals surface area contributed by atoms with Gasteiger partial charge in [-0.2, -0.15) is 0 Å². The number of halogens is 1. The third kappa shape index (κ3) is 4.49. The van der Waals surface area contributed by atoms with Crippen molar-refractivity contribution in [3.05, 3.63) is 59.4 Å². The summed E-state index contributed by atoms with van der Waals surface area (Å²) in [7, 11) is 0. The molecule has 21 heavy (non-hydrogen) atoms. The van der Waals surface area contributed by atoms with Crippen LogP contribution >= 0.6 is 0 Å². The molecule has 0 atom stereocenters. The molecule has 110 valence electrons. The van der Waals surface area contributed by atoms with E-state index in [-0.39, 0.29) is 6.73 Å². The molecule has 0 spiro atoms. The van der Waals surface area contributed by atoms with Crippen molar-refractivity contribution in [2.24, 2.45) is 0 Å². The zero-order chi connectivity index (χ0) is 15.2. The van der Waals surface area contributed by atoms with Crippen molar-refractivity contribution in [2.75, 3.05) is 12.0 Å². The maximum atomic E-state index is 13.0. The van der Waals surface area contributed by atoms with Gasteiger partial charge in [0.2, 0.25) is 0 Å². The number of aryl methyl sites for hydroxylation is 2. The van der Waals surface area contributed by atoms with E-state index in [1.165, 1.54) is 23.8 Å². The molecule has 0 aliphatic heterocycles. The Labute approximate surface area is 122 Å². The Morgan fingerprint density at radius 3 is 2.67 bits per heavy atom. The van der Waals surface area contributed by atoms with Crippen LogP contribution < -0.4 is 15.4 Å². The van der Waals surface area contributed by atoms with Crippen LogP contribution in [0.5, 0.6) is 5.75 Å². The highest BCUT2D eigenvalue weighted by atomic mass is 19.1. The SMILES string of the molecule is Cc1ccc(OCNC(=O)Nc2cccc(F)c2)cc1C. The Hall–Kier alpha value is -2.56. The molecule has 0 aliphatic carbocycles. The fraction of sp³-hybridized carbons (Fsp3) is 0.188. The summed E-state index contributed by atoms with van der Waals surface area (Å²) in [5.74, 6) is 0.281. The predicted octanol–water partition coefficient (Wildman–Crippen LogP) is 3.60. The summed E-state index contributed by atoms with van der Waals surface area (Å²) in [6.07, 6.45) is 0. The van der Waals surface area contributed by atoms with Crippen LogP contribution in [0.25, 0.3) is 0 Å². The summed E-state index contributed by atoms with van der Waals surface area (Å²) in [6.45, 7) is 4.04.